The number of benzene rings is 2. The van der Waals surface area contributed by atoms with Gasteiger partial charge in [-0.1, -0.05) is 11.3 Å². The first-order chi connectivity index (χ1) is 14.2. The molecule has 1 saturated heterocycles. The predicted octanol–water partition coefficient (Wildman–Crippen LogP) is 4.13. The van der Waals surface area contributed by atoms with Crippen molar-refractivity contribution in [1.29, 1.82) is 0 Å². The SMILES string of the molecule is COc1ccc(-c2cn3c(n2)sc2cc(C(=O)NC[C@@H]4CCCO4)ccc23)cc1. The highest BCUT2D eigenvalue weighted by Gasteiger charge is 2.17. The Labute approximate surface area is 172 Å². The molecule has 2 aromatic carbocycles. The van der Waals surface area contributed by atoms with E-state index < -0.39 is 0 Å². The molecule has 0 unspecified atom stereocenters. The van der Waals surface area contributed by atoms with Crippen LogP contribution in [-0.2, 0) is 4.74 Å². The van der Waals surface area contributed by atoms with Gasteiger partial charge in [-0.3, -0.25) is 9.20 Å². The van der Waals surface area contributed by atoms with Crippen LogP contribution in [0.25, 0.3) is 26.4 Å². The van der Waals surface area contributed by atoms with Gasteiger partial charge in [-0.2, -0.15) is 0 Å². The van der Waals surface area contributed by atoms with Crippen LogP contribution < -0.4 is 10.1 Å². The molecule has 6 nitrogen and oxygen atoms in total. The number of nitrogens with zero attached hydrogens (tertiary/aromatic N) is 2. The molecule has 0 saturated carbocycles. The molecule has 1 N–H and O–H groups in total. The molecule has 4 aromatic rings. The summed E-state index contributed by atoms with van der Waals surface area (Å²) in [5.74, 6) is 0.762. The number of fused-ring (bicyclic) bond motifs is 3. The van der Waals surface area contributed by atoms with Gasteiger partial charge in [0.05, 0.1) is 29.1 Å². The summed E-state index contributed by atoms with van der Waals surface area (Å²) in [6.07, 6.45) is 4.26. The number of carbonyl (C=O) groups is 1. The quantitative estimate of drug-likeness (QED) is 0.540. The minimum Gasteiger partial charge on any atom is -0.497 e. The Hall–Kier alpha value is -2.90. The normalized spacial score (nSPS) is 16.5. The van der Waals surface area contributed by atoms with Crippen LogP contribution >= 0.6 is 11.3 Å². The van der Waals surface area contributed by atoms with Crippen molar-refractivity contribution < 1.29 is 14.3 Å². The van der Waals surface area contributed by atoms with E-state index in [9.17, 15) is 4.79 Å². The summed E-state index contributed by atoms with van der Waals surface area (Å²) < 4.78 is 13.9. The van der Waals surface area contributed by atoms with E-state index in [0.717, 1.165) is 51.6 Å². The first-order valence-electron chi connectivity index (χ1n) is 9.67. The maximum atomic E-state index is 12.5. The zero-order valence-corrected chi connectivity index (χ0v) is 16.9. The average Bonchev–Trinajstić information content (AvgIpc) is 3.48. The molecule has 5 rings (SSSR count). The fraction of sp³-hybridized carbons (Fsp3) is 0.273. The molecule has 1 atom stereocenters. The Balaban J connectivity index is 1.39. The average molecular weight is 407 g/mol. The molecule has 2 aromatic heterocycles. The van der Waals surface area contributed by atoms with Crippen LogP contribution in [0.2, 0.25) is 0 Å². The summed E-state index contributed by atoms with van der Waals surface area (Å²) in [6.45, 7) is 1.36. The lowest BCUT2D eigenvalue weighted by Crippen LogP contribution is -2.31. The number of aromatic nitrogens is 2. The molecule has 1 aliphatic heterocycles. The molecule has 148 valence electrons. The highest BCUT2D eigenvalue weighted by molar-refractivity contribution is 7.23. The van der Waals surface area contributed by atoms with Crippen LogP contribution in [0.1, 0.15) is 23.2 Å². The first kappa shape index (κ1) is 18.1. The van der Waals surface area contributed by atoms with Gasteiger partial charge in [-0.15, -0.1) is 0 Å². The minimum atomic E-state index is -0.0626. The third-order valence-corrected chi connectivity index (χ3v) is 6.27. The lowest BCUT2D eigenvalue weighted by molar-refractivity contribution is 0.0858. The number of rotatable bonds is 5. The molecule has 0 bridgehead atoms. The van der Waals surface area contributed by atoms with E-state index in [-0.39, 0.29) is 12.0 Å². The molecule has 1 aliphatic rings. The first-order valence-corrected chi connectivity index (χ1v) is 10.5. The van der Waals surface area contributed by atoms with E-state index in [1.807, 2.05) is 48.7 Å². The van der Waals surface area contributed by atoms with Crippen LogP contribution in [0.3, 0.4) is 0 Å². The number of nitrogens with one attached hydrogen (secondary N) is 1. The van der Waals surface area contributed by atoms with Gasteiger partial charge in [-0.05, 0) is 55.3 Å². The highest BCUT2D eigenvalue weighted by Crippen LogP contribution is 2.30. The van der Waals surface area contributed by atoms with Crippen molar-refractivity contribution in [3.63, 3.8) is 0 Å². The molecule has 7 heteroatoms. The van der Waals surface area contributed by atoms with Gasteiger partial charge < -0.3 is 14.8 Å². The molecule has 29 heavy (non-hydrogen) atoms. The van der Waals surface area contributed by atoms with Gasteiger partial charge in [0, 0.05) is 30.5 Å². The molecule has 0 aliphatic carbocycles. The zero-order valence-electron chi connectivity index (χ0n) is 16.1. The largest absolute Gasteiger partial charge is 0.497 e. The fourth-order valence-corrected chi connectivity index (χ4v) is 4.70. The Bertz CT molecular complexity index is 1170. The molecule has 0 radical (unpaired) electrons. The van der Waals surface area contributed by atoms with Crippen molar-refractivity contribution in [3.8, 4) is 17.0 Å². The summed E-state index contributed by atoms with van der Waals surface area (Å²) >= 11 is 1.58. The predicted molar refractivity (Wildman–Crippen MR) is 114 cm³/mol. The van der Waals surface area contributed by atoms with E-state index in [0.29, 0.717) is 12.1 Å². The van der Waals surface area contributed by atoms with Crippen LogP contribution in [0.15, 0.2) is 48.7 Å². The Morgan fingerprint density at radius 2 is 2.17 bits per heavy atom. The van der Waals surface area contributed by atoms with Crippen LogP contribution in [0, 0.1) is 0 Å². The van der Waals surface area contributed by atoms with Crippen molar-refractivity contribution >= 4 is 32.4 Å². The van der Waals surface area contributed by atoms with Gasteiger partial charge in [0.1, 0.15) is 5.75 Å². The second kappa shape index (κ2) is 7.50. The van der Waals surface area contributed by atoms with Gasteiger partial charge in [-0.25, -0.2) is 4.98 Å². The smallest absolute Gasteiger partial charge is 0.251 e. The van der Waals surface area contributed by atoms with Crippen molar-refractivity contribution in [2.24, 2.45) is 0 Å². The molecule has 1 amide bonds. The van der Waals surface area contributed by atoms with Crippen LogP contribution in [0.4, 0.5) is 0 Å². The van der Waals surface area contributed by atoms with Crippen molar-refractivity contribution in [2.75, 3.05) is 20.3 Å². The Kier molecular flexibility index (Phi) is 4.69. The second-order valence-electron chi connectivity index (χ2n) is 7.14. The zero-order chi connectivity index (χ0) is 19.8. The number of hydrogen-bond acceptors (Lipinski definition) is 5. The van der Waals surface area contributed by atoms with Crippen LogP contribution in [0.5, 0.6) is 5.75 Å². The van der Waals surface area contributed by atoms with E-state index in [1.54, 1.807) is 18.4 Å². The fourth-order valence-electron chi connectivity index (χ4n) is 3.66. The van der Waals surface area contributed by atoms with E-state index in [2.05, 4.69) is 9.72 Å². The summed E-state index contributed by atoms with van der Waals surface area (Å²) in [7, 11) is 1.66. The molecule has 0 spiro atoms. The maximum Gasteiger partial charge on any atom is 0.251 e. The third-order valence-electron chi connectivity index (χ3n) is 5.26. The molecule has 1 fully saturated rings. The lowest BCUT2D eigenvalue weighted by Gasteiger charge is -2.10. The summed E-state index contributed by atoms with van der Waals surface area (Å²) in [4.78, 5) is 18.2. The Morgan fingerprint density at radius 1 is 1.31 bits per heavy atom. The number of amides is 1. The summed E-state index contributed by atoms with van der Waals surface area (Å²) in [5.41, 5.74) is 3.67. The summed E-state index contributed by atoms with van der Waals surface area (Å²) in [5, 5.41) is 2.98. The van der Waals surface area contributed by atoms with Gasteiger partial charge in [0.2, 0.25) is 0 Å². The van der Waals surface area contributed by atoms with Crippen molar-refractivity contribution in [2.45, 2.75) is 18.9 Å². The summed E-state index contributed by atoms with van der Waals surface area (Å²) in [6, 6.07) is 13.7. The standard InChI is InChI=1S/C22H21N3O3S/c1-27-16-7-4-14(5-8-16)18-13-25-19-9-6-15(11-20(19)29-22(25)24-18)21(26)23-12-17-3-2-10-28-17/h4-9,11,13,17H,2-3,10,12H2,1H3,(H,23,26)/t17-/m0/s1. The number of ether oxygens (including phenoxy) is 2. The Morgan fingerprint density at radius 3 is 2.93 bits per heavy atom. The molecule has 3 heterocycles. The molecular formula is C22H21N3O3S. The van der Waals surface area contributed by atoms with Gasteiger partial charge >= 0.3 is 0 Å². The van der Waals surface area contributed by atoms with Gasteiger partial charge in [0.15, 0.2) is 4.96 Å². The van der Waals surface area contributed by atoms with Crippen molar-refractivity contribution in [1.82, 2.24) is 14.7 Å². The second-order valence-corrected chi connectivity index (χ2v) is 8.15. The highest BCUT2D eigenvalue weighted by atomic mass is 32.1. The van der Waals surface area contributed by atoms with E-state index in [1.165, 1.54) is 0 Å². The van der Waals surface area contributed by atoms with E-state index in [4.69, 9.17) is 14.5 Å². The number of hydrogen-bond donors (Lipinski definition) is 1. The van der Waals surface area contributed by atoms with E-state index >= 15 is 0 Å². The number of imidazole rings is 1. The number of methoxy groups -OCH3 is 1. The maximum absolute atomic E-state index is 12.5. The van der Waals surface area contributed by atoms with Crippen LogP contribution in [-0.4, -0.2) is 41.7 Å². The number of carbonyl (C=O) groups excluding carboxylic acids is 1. The third kappa shape index (κ3) is 3.47. The topological polar surface area (TPSA) is 64.9 Å². The molecular weight excluding hydrogens is 386 g/mol. The van der Waals surface area contributed by atoms with Gasteiger partial charge in [0.25, 0.3) is 5.91 Å². The minimum absolute atomic E-state index is 0.0626. The number of thiazole rings is 1. The van der Waals surface area contributed by atoms with Crippen molar-refractivity contribution in [3.05, 3.63) is 54.2 Å². The monoisotopic (exact) mass is 407 g/mol. The lowest BCUT2D eigenvalue weighted by atomic mass is 10.1.